The van der Waals surface area contributed by atoms with Gasteiger partial charge in [-0.05, 0) is 19.2 Å². The van der Waals surface area contributed by atoms with Crippen LogP contribution >= 0.6 is 0 Å². The van der Waals surface area contributed by atoms with Crippen molar-refractivity contribution in [2.45, 2.75) is 0 Å². The Kier molecular flexibility index (Phi) is 4.27. The predicted octanol–water partition coefficient (Wildman–Crippen LogP) is 1.28. The first-order valence-corrected chi connectivity index (χ1v) is 6.39. The quantitative estimate of drug-likeness (QED) is 0.659. The summed E-state index contributed by atoms with van der Waals surface area (Å²) in [6.45, 7) is 3.75. The molecule has 0 unspecified atom stereocenters. The number of hydrogen-bond acceptors (Lipinski definition) is 4. The van der Waals surface area contributed by atoms with Crippen LogP contribution in [-0.2, 0) is 0 Å². The van der Waals surface area contributed by atoms with Gasteiger partial charge >= 0.3 is 0 Å². The van der Waals surface area contributed by atoms with E-state index in [1.54, 1.807) is 14.2 Å². The third-order valence-corrected chi connectivity index (χ3v) is 3.44. The SMILES string of the molecule is COc1cc(OC)cc(C(=N)N2CCN(C)CC2)c1. The fourth-order valence-electron chi connectivity index (χ4n) is 2.16. The van der Waals surface area contributed by atoms with Gasteiger partial charge in [-0.25, -0.2) is 0 Å². The Morgan fingerprint density at radius 1 is 1.00 bits per heavy atom. The topological polar surface area (TPSA) is 48.8 Å². The summed E-state index contributed by atoms with van der Waals surface area (Å²) in [5.74, 6) is 1.96. The van der Waals surface area contributed by atoms with Crippen LogP contribution in [0, 0.1) is 5.41 Å². The molecule has 0 amide bonds. The van der Waals surface area contributed by atoms with E-state index in [9.17, 15) is 0 Å². The summed E-state index contributed by atoms with van der Waals surface area (Å²) in [5.41, 5.74) is 0.834. The van der Waals surface area contributed by atoms with Crippen molar-refractivity contribution in [3.63, 3.8) is 0 Å². The van der Waals surface area contributed by atoms with Gasteiger partial charge in [0.15, 0.2) is 0 Å². The second kappa shape index (κ2) is 5.93. The fraction of sp³-hybridized carbons (Fsp3) is 0.500. The molecule has 5 heteroatoms. The zero-order chi connectivity index (χ0) is 13.8. The molecule has 1 aliphatic heterocycles. The maximum Gasteiger partial charge on any atom is 0.128 e. The van der Waals surface area contributed by atoms with Gasteiger partial charge in [0.2, 0.25) is 0 Å². The molecule has 104 valence electrons. The van der Waals surface area contributed by atoms with E-state index >= 15 is 0 Å². The van der Waals surface area contributed by atoms with Gasteiger partial charge in [0.1, 0.15) is 17.3 Å². The molecule has 0 saturated carbocycles. The van der Waals surface area contributed by atoms with Gasteiger partial charge in [-0.15, -0.1) is 0 Å². The molecule has 1 N–H and O–H groups in total. The Hall–Kier alpha value is -1.75. The normalized spacial score (nSPS) is 16.3. The molecular formula is C14H21N3O2. The molecule has 0 bridgehead atoms. The van der Waals surface area contributed by atoms with Gasteiger partial charge in [0, 0.05) is 37.8 Å². The molecule has 1 aliphatic rings. The van der Waals surface area contributed by atoms with E-state index in [1.165, 1.54) is 0 Å². The second-order valence-electron chi connectivity index (χ2n) is 4.74. The molecule has 0 aliphatic carbocycles. The molecule has 0 spiro atoms. The monoisotopic (exact) mass is 263 g/mol. The zero-order valence-electron chi connectivity index (χ0n) is 11.8. The van der Waals surface area contributed by atoms with Crippen molar-refractivity contribution < 1.29 is 9.47 Å². The lowest BCUT2D eigenvalue weighted by atomic mass is 10.1. The Morgan fingerprint density at radius 3 is 2.00 bits per heavy atom. The van der Waals surface area contributed by atoms with Crippen LogP contribution in [0.25, 0.3) is 0 Å². The standard InChI is InChI=1S/C14H21N3O2/c1-16-4-6-17(7-5-16)14(15)11-8-12(18-2)10-13(9-11)19-3/h8-10,15H,4-7H2,1-3H3. The first-order chi connectivity index (χ1) is 9.13. The van der Waals surface area contributed by atoms with Crippen LogP contribution in [0.4, 0.5) is 0 Å². The molecule has 1 aromatic rings. The van der Waals surface area contributed by atoms with Gasteiger partial charge in [-0.2, -0.15) is 0 Å². The van der Waals surface area contributed by atoms with Crippen LogP contribution < -0.4 is 9.47 Å². The molecule has 1 saturated heterocycles. The van der Waals surface area contributed by atoms with Gasteiger partial charge < -0.3 is 19.3 Å². The van der Waals surface area contributed by atoms with Crippen molar-refractivity contribution in [2.75, 3.05) is 47.4 Å². The number of benzene rings is 1. The summed E-state index contributed by atoms with van der Waals surface area (Å²) in [5, 5.41) is 8.33. The van der Waals surface area contributed by atoms with Crippen LogP contribution in [0.15, 0.2) is 18.2 Å². The maximum atomic E-state index is 8.33. The highest BCUT2D eigenvalue weighted by molar-refractivity contribution is 5.97. The van der Waals surface area contributed by atoms with Crippen LogP contribution in [-0.4, -0.2) is 63.1 Å². The number of nitrogens with one attached hydrogen (secondary N) is 1. The summed E-state index contributed by atoms with van der Waals surface area (Å²) in [6.07, 6.45) is 0. The Labute approximate surface area is 114 Å². The molecule has 1 aromatic carbocycles. The first kappa shape index (κ1) is 13.7. The minimum Gasteiger partial charge on any atom is -0.497 e. The number of methoxy groups -OCH3 is 2. The van der Waals surface area contributed by atoms with E-state index in [2.05, 4.69) is 16.8 Å². The third kappa shape index (κ3) is 3.17. The van der Waals surface area contributed by atoms with E-state index in [0.717, 1.165) is 31.7 Å². The first-order valence-electron chi connectivity index (χ1n) is 6.39. The van der Waals surface area contributed by atoms with Crippen molar-refractivity contribution in [3.8, 4) is 11.5 Å². The highest BCUT2D eigenvalue weighted by Gasteiger charge is 2.18. The van der Waals surface area contributed by atoms with Crippen molar-refractivity contribution in [1.82, 2.24) is 9.80 Å². The van der Waals surface area contributed by atoms with Gasteiger partial charge in [0.05, 0.1) is 14.2 Å². The summed E-state index contributed by atoms with van der Waals surface area (Å²) < 4.78 is 10.5. The average molecular weight is 263 g/mol. The summed E-state index contributed by atoms with van der Waals surface area (Å²) in [7, 11) is 5.35. The number of amidine groups is 1. The second-order valence-corrected chi connectivity index (χ2v) is 4.74. The lowest BCUT2D eigenvalue weighted by Crippen LogP contribution is -2.47. The Bertz CT molecular complexity index is 432. The molecule has 0 radical (unpaired) electrons. The van der Waals surface area contributed by atoms with Gasteiger partial charge in [-0.3, -0.25) is 5.41 Å². The van der Waals surface area contributed by atoms with Crippen molar-refractivity contribution >= 4 is 5.84 Å². The van der Waals surface area contributed by atoms with E-state index in [-0.39, 0.29) is 0 Å². The molecule has 0 aromatic heterocycles. The third-order valence-electron chi connectivity index (χ3n) is 3.44. The molecule has 1 fully saturated rings. The number of hydrogen-bond donors (Lipinski definition) is 1. The number of ether oxygens (including phenoxy) is 2. The Morgan fingerprint density at radius 2 is 1.53 bits per heavy atom. The maximum absolute atomic E-state index is 8.33. The predicted molar refractivity (Wildman–Crippen MR) is 75.4 cm³/mol. The highest BCUT2D eigenvalue weighted by Crippen LogP contribution is 2.23. The van der Waals surface area contributed by atoms with Crippen molar-refractivity contribution in [3.05, 3.63) is 23.8 Å². The van der Waals surface area contributed by atoms with Crippen LogP contribution in [0.5, 0.6) is 11.5 Å². The lowest BCUT2D eigenvalue weighted by molar-refractivity contribution is 0.215. The van der Waals surface area contributed by atoms with Crippen molar-refractivity contribution in [2.24, 2.45) is 0 Å². The van der Waals surface area contributed by atoms with E-state index in [1.807, 2.05) is 18.2 Å². The number of rotatable bonds is 3. The largest absolute Gasteiger partial charge is 0.497 e. The van der Waals surface area contributed by atoms with Crippen LogP contribution in [0.2, 0.25) is 0 Å². The minimum atomic E-state index is 0.533. The van der Waals surface area contributed by atoms with Crippen LogP contribution in [0.3, 0.4) is 0 Å². The number of likely N-dealkylation sites (N-methyl/N-ethyl adjacent to an activating group) is 1. The number of nitrogens with zero attached hydrogens (tertiary/aromatic N) is 2. The zero-order valence-corrected chi connectivity index (χ0v) is 11.8. The molecule has 2 rings (SSSR count). The van der Waals surface area contributed by atoms with E-state index in [4.69, 9.17) is 14.9 Å². The van der Waals surface area contributed by atoms with Gasteiger partial charge in [-0.1, -0.05) is 0 Å². The minimum absolute atomic E-state index is 0.533. The Balaban J connectivity index is 2.18. The molecular weight excluding hydrogens is 242 g/mol. The van der Waals surface area contributed by atoms with E-state index in [0.29, 0.717) is 17.3 Å². The van der Waals surface area contributed by atoms with E-state index < -0.39 is 0 Å². The molecule has 5 nitrogen and oxygen atoms in total. The lowest BCUT2D eigenvalue weighted by Gasteiger charge is -2.34. The summed E-state index contributed by atoms with van der Waals surface area (Å²) in [4.78, 5) is 4.37. The fourth-order valence-corrected chi connectivity index (χ4v) is 2.16. The smallest absolute Gasteiger partial charge is 0.128 e. The number of piperazine rings is 1. The molecule has 19 heavy (non-hydrogen) atoms. The molecule has 1 heterocycles. The van der Waals surface area contributed by atoms with Gasteiger partial charge in [0.25, 0.3) is 0 Å². The molecule has 0 atom stereocenters. The average Bonchev–Trinajstić information content (AvgIpc) is 2.46. The highest BCUT2D eigenvalue weighted by atomic mass is 16.5. The summed E-state index contributed by atoms with van der Waals surface area (Å²) in [6, 6.07) is 5.58. The van der Waals surface area contributed by atoms with Crippen LogP contribution in [0.1, 0.15) is 5.56 Å². The summed E-state index contributed by atoms with van der Waals surface area (Å²) >= 11 is 0. The van der Waals surface area contributed by atoms with Crippen molar-refractivity contribution in [1.29, 1.82) is 5.41 Å².